The fourth-order valence-electron chi connectivity index (χ4n) is 1.86. The van der Waals surface area contributed by atoms with Gasteiger partial charge < -0.3 is 15.2 Å². The van der Waals surface area contributed by atoms with Gasteiger partial charge in [0, 0.05) is 11.1 Å². The lowest BCUT2D eigenvalue weighted by Crippen LogP contribution is -2.15. The monoisotopic (exact) mass is 366 g/mol. The molecule has 6 nitrogen and oxygen atoms in total. The number of esters is 1. The van der Waals surface area contributed by atoms with Crippen LogP contribution in [0.25, 0.3) is 0 Å². The molecule has 0 fully saturated rings. The van der Waals surface area contributed by atoms with Gasteiger partial charge in [0.1, 0.15) is 0 Å². The zero-order valence-corrected chi connectivity index (χ0v) is 14.7. The van der Waals surface area contributed by atoms with Gasteiger partial charge in [-0.05, 0) is 5.56 Å². The van der Waals surface area contributed by atoms with Gasteiger partial charge in [0.15, 0.2) is 5.13 Å². The summed E-state index contributed by atoms with van der Waals surface area (Å²) in [6, 6.07) is 9.32. The maximum Gasteiger partial charge on any atom is 0.311 e. The average molecular weight is 366 g/mol. The van der Waals surface area contributed by atoms with Crippen LogP contribution in [0.1, 0.15) is 17.4 Å². The Bertz CT molecular complexity index is 676. The number of thioether (sulfide) groups is 1. The lowest BCUT2D eigenvalue weighted by Gasteiger charge is -2.10. The molecule has 0 aliphatic carbocycles. The third-order valence-electron chi connectivity index (χ3n) is 3.04. The molecular formula is C16H18N2O4S2. The molecule has 1 atom stereocenters. The van der Waals surface area contributed by atoms with E-state index in [1.807, 2.05) is 30.3 Å². The van der Waals surface area contributed by atoms with Crippen LogP contribution in [-0.4, -0.2) is 40.6 Å². The topological polar surface area (TPSA) is 88.5 Å². The van der Waals surface area contributed by atoms with Gasteiger partial charge in [0.25, 0.3) is 0 Å². The maximum atomic E-state index is 11.9. The molecule has 0 saturated carbocycles. The summed E-state index contributed by atoms with van der Waals surface area (Å²) in [5, 5.41) is 14.9. The van der Waals surface area contributed by atoms with Crippen molar-refractivity contribution in [1.29, 1.82) is 0 Å². The van der Waals surface area contributed by atoms with Crippen molar-refractivity contribution < 1.29 is 19.4 Å². The number of benzene rings is 1. The predicted molar refractivity (Wildman–Crippen MR) is 95.2 cm³/mol. The first-order chi connectivity index (χ1) is 11.6. The highest BCUT2D eigenvalue weighted by Gasteiger charge is 2.12. The van der Waals surface area contributed by atoms with Gasteiger partial charge in [-0.25, -0.2) is 4.98 Å². The van der Waals surface area contributed by atoms with E-state index in [9.17, 15) is 14.7 Å². The molecular weight excluding hydrogens is 348 g/mol. The van der Waals surface area contributed by atoms with Crippen molar-refractivity contribution in [2.45, 2.75) is 12.5 Å². The number of carbonyl (C=O) groups excluding carboxylic acids is 2. The lowest BCUT2D eigenvalue weighted by molar-refractivity contribution is -0.139. The Kier molecular flexibility index (Phi) is 7.23. The number of carbonyl (C=O) groups is 2. The summed E-state index contributed by atoms with van der Waals surface area (Å²) in [7, 11) is 1.32. The first-order valence-corrected chi connectivity index (χ1v) is 9.23. The standard InChI is InChI=1S/C16H18N2O4S2/c1-22-15(21)7-12-8-24-16(17-12)18-14(20)10-23-9-13(19)11-5-3-2-4-6-11/h2-6,8,13,19H,7,9-10H2,1H3,(H,17,18,20). The van der Waals surface area contributed by atoms with Crippen LogP contribution >= 0.6 is 23.1 Å². The van der Waals surface area contributed by atoms with Gasteiger partial charge in [-0.15, -0.1) is 23.1 Å². The van der Waals surface area contributed by atoms with Crippen molar-refractivity contribution in [3.05, 3.63) is 47.0 Å². The van der Waals surface area contributed by atoms with Crippen LogP contribution in [0.5, 0.6) is 0 Å². The minimum atomic E-state index is -0.601. The van der Waals surface area contributed by atoms with Crippen molar-refractivity contribution in [2.75, 3.05) is 23.9 Å². The smallest absolute Gasteiger partial charge is 0.311 e. The number of nitrogens with zero attached hydrogens (tertiary/aromatic N) is 1. The van der Waals surface area contributed by atoms with Gasteiger partial charge in [-0.2, -0.15) is 0 Å². The summed E-state index contributed by atoms with van der Waals surface area (Å²) in [4.78, 5) is 27.2. The number of nitrogens with one attached hydrogen (secondary N) is 1. The van der Waals surface area contributed by atoms with Crippen LogP contribution in [0.4, 0.5) is 5.13 Å². The molecule has 0 spiro atoms. The van der Waals surface area contributed by atoms with E-state index in [0.717, 1.165) is 5.56 Å². The van der Waals surface area contributed by atoms with Crippen molar-refractivity contribution in [3.8, 4) is 0 Å². The molecule has 0 aliphatic heterocycles. The molecule has 2 N–H and O–H groups in total. The Morgan fingerprint density at radius 2 is 2.12 bits per heavy atom. The van der Waals surface area contributed by atoms with Crippen LogP contribution in [0.3, 0.4) is 0 Å². The molecule has 1 unspecified atom stereocenters. The summed E-state index contributed by atoms with van der Waals surface area (Å²) in [6.07, 6.45) is -0.517. The highest BCUT2D eigenvalue weighted by atomic mass is 32.2. The van der Waals surface area contributed by atoms with Crippen molar-refractivity contribution in [3.63, 3.8) is 0 Å². The lowest BCUT2D eigenvalue weighted by atomic mass is 10.1. The SMILES string of the molecule is COC(=O)Cc1csc(NC(=O)CSCC(O)c2ccccc2)n1. The van der Waals surface area contributed by atoms with Gasteiger partial charge in [0.2, 0.25) is 5.91 Å². The van der Waals surface area contributed by atoms with Gasteiger partial charge >= 0.3 is 5.97 Å². The second kappa shape index (κ2) is 9.41. The predicted octanol–water partition coefficient (Wildman–Crippen LogP) is 2.26. The molecule has 1 heterocycles. The van der Waals surface area contributed by atoms with Crippen LogP contribution in [-0.2, 0) is 20.7 Å². The first kappa shape index (κ1) is 18.4. The molecule has 0 radical (unpaired) electrons. The Morgan fingerprint density at radius 1 is 1.38 bits per heavy atom. The molecule has 8 heteroatoms. The number of rotatable bonds is 8. The van der Waals surface area contributed by atoms with Gasteiger partial charge in [-0.1, -0.05) is 30.3 Å². The average Bonchev–Trinajstić information content (AvgIpc) is 3.02. The normalized spacial score (nSPS) is 11.8. The van der Waals surface area contributed by atoms with Crippen molar-refractivity contribution in [2.24, 2.45) is 0 Å². The molecule has 24 heavy (non-hydrogen) atoms. The second-order valence-corrected chi connectivity index (χ2v) is 6.78. The van der Waals surface area contributed by atoms with E-state index in [2.05, 4.69) is 15.0 Å². The van der Waals surface area contributed by atoms with E-state index in [4.69, 9.17) is 0 Å². The Hall–Kier alpha value is -1.90. The number of anilines is 1. The fraction of sp³-hybridized carbons (Fsp3) is 0.312. The van der Waals surface area contributed by atoms with E-state index >= 15 is 0 Å². The van der Waals surface area contributed by atoms with Crippen LogP contribution < -0.4 is 5.32 Å². The Morgan fingerprint density at radius 3 is 2.83 bits per heavy atom. The molecule has 0 saturated heterocycles. The summed E-state index contributed by atoms with van der Waals surface area (Å²) in [5.41, 5.74) is 1.40. The maximum absolute atomic E-state index is 11.9. The molecule has 0 aliphatic rings. The van der Waals surface area contributed by atoms with E-state index in [1.165, 1.54) is 30.2 Å². The van der Waals surface area contributed by atoms with E-state index in [1.54, 1.807) is 5.38 Å². The van der Waals surface area contributed by atoms with E-state index < -0.39 is 6.10 Å². The number of hydrogen-bond acceptors (Lipinski definition) is 7. The molecule has 0 bridgehead atoms. The number of aromatic nitrogens is 1. The van der Waals surface area contributed by atoms with E-state index in [0.29, 0.717) is 16.6 Å². The third kappa shape index (κ3) is 5.95. The number of methoxy groups -OCH3 is 1. The molecule has 1 aromatic heterocycles. The Labute approximate surface area is 148 Å². The largest absolute Gasteiger partial charge is 0.469 e. The third-order valence-corrected chi connectivity index (χ3v) is 4.87. The molecule has 1 amide bonds. The van der Waals surface area contributed by atoms with Gasteiger partial charge in [-0.3, -0.25) is 9.59 Å². The van der Waals surface area contributed by atoms with Crippen LogP contribution in [0.15, 0.2) is 35.7 Å². The van der Waals surface area contributed by atoms with E-state index in [-0.39, 0.29) is 24.1 Å². The number of hydrogen-bond donors (Lipinski definition) is 2. The number of amides is 1. The fourth-order valence-corrected chi connectivity index (χ4v) is 3.37. The minimum Gasteiger partial charge on any atom is -0.469 e. The van der Waals surface area contributed by atoms with Crippen molar-refractivity contribution >= 4 is 40.1 Å². The quantitative estimate of drug-likeness (QED) is 0.697. The molecule has 1 aromatic carbocycles. The number of ether oxygens (including phenoxy) is 1. The zero-order chi connectivity index (χ0) is 17.4. The molecule has 2 aromatic rings. The number of aliphatic hydroxyl groups excluding tert-OH is 1. The number of aliphatic hydroxyl groups is 1. The summed E-state index contributed by atoms with van der Waals surface area (Å²) in [5.74, 6) is 0.0847. The highest BCUT2D eigenvalue weighted by Crippen LogP contribution is 2.19. The summed E-state index contributed by atoms with van der Waals surface area (Å²) >= 11 is 2.60. The van der Waals surface area contributed by atoms with Crippen LogP contribution in [0, 0.1) is 0 Å². The summed E-state index contributed by atoms with van der Waals surface area (Å²) in [6.45, 7) is 0. The molecule has 2 rings (SSSR count). The summed E-state index contributed by atoms with van der Waals surface area (Å²) < 4.78 is 4.57. The molecule has 128 valence electrons. The second-order valence-electron chi connectivity index (χ2n) is 4.89. The zero-order valence-electron chi connectivity index (χ0n) is 13.1. The minimum absolute atomic E-state index is 0.0842. The number of thiazole rings is 1. The highest BCUT2D eigenvalue weighted by molar-refractivity contribution is 8.00. The van der Waals surface area contributed by atoms with Gasteiger partial charge in [0.05, 0.1) is 31.1 Å². The Balaban J connectivity index is 1.72. The first-order valence-electron chi connectivity index (χ1n) is 7.20. The van der Waals surface area contributed by atoms with Crippen molar-refractivity contribution in [1.82, 2.24) is 4.98 Å². The van der Waals surface area contributed by atoms with Crippen LogP contribution in [0.2, 0.25) is 0 Å².